The number of hydrogen-bond donors (Lipinski definition) is 14. The van der Waals surface area contributed by atoms with Gasteiger partial charge >= 0.3 is 46.9 Å². The van der Waals surface area contributed by atoms with Gasteiger partial charge in [-0.2, -0.15) is 22.2 Å². The van der Waals surface area contributed by atoms with Crippen LogP contribution in [0, 0.1) is 25.8 Å². The predicted octanol–water partition coefficient (Wildman–Crippen LogP) is 0.368. The molecule has 2 aromatic rings. The minimum absolute atomic E-state index is 0.280. The molecule has 12 atom stereocenters. The summed E-state index contributed by atoms with van der Waals surface area (Å²) in [5, 5.41) is 41.3. The second-order valence-corrected chi connectivity index (χ2v) is 21.7. The zero-order chi connectivity index (χ0) is 46.6. The number of aromatic amines is 1. The number of aliphatic hydroxyl groups excluding tert-OH is 2. The maximum atomic E-state index is 13.8. The molecule has 42 heteroatoms. The number of rotatable bonds is 14. The molecule has 60 heavy (non-hydrogen) atoms. The van der Waals surface area contributed by atoms with E-state index in [4.69, 9.17) is 69.0 Å². The van der Waals surface area contributed by atoms with Crippen molar-refractivity contribution in [2.24, 2.45) is 0 Å². The van der Waals surface area contributed by atoms with Crippen molar-refractivity contribution in [1.82, 2.24) is 19.1 Å². The van der Waals surface area contributed by atoms with Gasteiger partial charge in [0, 0.05) is 12.4 Å². The number of aliphatic hydroxyl groups is 4. The monoisotopic (exact) mass is 1050 g/mol. The third-order valence-corrected chi connectivity index (χ3v) is 15.4. The lowest BCUT2D eigenvalue weighted by Gasteiger charge is -2.27. The molecule has 4 heterocycles. The van der Waals surface area contributed by atoms with Gasteiger partial charge in [-0.05, 0) is 38.3 Å². The van der Waals surface area contributed by atoms with Crippen LogP contribution in [0.5, 0.6) is 0 Å². The summed E-state index contributed by atoms with van der Waals surface area (Å²) >= 11 is 14.4. The van der Waals surface area contributed by atoms with Gasteiger partial charge in [-0.25, -0.2) is 36.2 Å². The van der Waals surface area contributed by atoms with E-state index in [2.05, 4.69) is 48.5 Å². The first kappa shape index (κ1) is 53.4. The predicted molar refractivity (Wildman–Crippen MR) is 189 cm³/mol. The van der Waals surface area contributed by atoms with Gasteiger partial charge < -0.3 is 79.8 Å². The Balaban J connectivity index is 0.000000320. The molecule has 2 aromatic heterocycles. The third kappa shape index (κ3) is 14.0. The maximum absolute atomic E-state index is 13.8. The molecule has 4 rings (SSSR count). The standard InChI is InChI=1S/C9H15FN3O13P3S.C9H14FN2O13P3S2/c1-9(15)4(14)6(23-7(9)13-2-3(10)5(11)12-8(13)30)24-28(19,20)26-29(21,22)25-27(16,17)18;1-9(14)4(13)6(22-7(9)12-2-3(10)5(29)11-8(12)30)23-27(18,19)25-28(20,21)24-26(15,16)17/h2,4,6-7,14-15H,1H3,(H,19,20)(H,21,22)(H2,11,12,30)(H2,16,17,18);2,4,6-7,13-14H,1H3,(H,18,19)(H,20,21)(H,11,29,30)(H2,15,16,17)/t2*4-,6+,7+,9?/m00/s1. The summed E-state index contributed by atoms with van der Waals surface area (Å²) in [7, 11) is -34.3. The third-order valence-electron chi connectivity index (χ3n) is 6.91. The molecule has 0 amide bonds. The number of nitrogens with two attached hydrogens (primary N) is 1. The average molecular weight is 1050 g/mol. The van der Waals surface area contributed by atoms with Crippen molar-refractivity contribution >= 4 is 89.4 Å². The number of nitrogen functional groups attached to an aromatic ring is 1. The molecule has 2 aliphatic heterocycles. The molecule has 0 bridgehead atoms. The highest BCUT2D eigenvalue weighted by Gasteiger charge is 2.58. The number of hydrogen-bond acceptors (Lipinski definition) is 23. The molecule has 2 saturated heterocycles. The Kier molecular flexibility index (Phi) is 16.5. The van der Waals surface area contributed by atoms with Crippen molar-refractivity contribution in [3.05, 3.63) is 38.2 Å². The van der Waals surface area contributed by atoms with Crippen LogP contribution in [0.4, 0.5) is 14.6 Å². The summed E-state index contributed by atoms with van der Waals surface area (Å²) in [4.78, 5) is 77.0. The molecule has 0 aromatic carbocycles. The van der Waals surface area contributed by atoms with Crippen LogP contribution in [0.25, 0.3) is 0 Å². The van der Waals surface area contributed by atoms with E-state index < -0.39 is 118 Å². The number of aromatic nitrogens is 4. The van der Waals surface area contributed by atoms with E-state index in [-0.39, 0.29) is 9.41 Å². The Morgan fingerprint density at radius 2 is 1.07 bits per heavy atom. The second kappa shape index (κ2) is 18.5. The minimum Gasteiger partial charge on any atom is -0.385 e. The number of H-pyrrole nitrogens is 1. The second-order valence-electron chi connectivity index (χ2n) is 11.8. The smallest absolute Gasteiger partial charge is 0.385 e. The van der Waals surface area contributed by atoms with Crippen LogP contribution in [0.2, 0.25) is 0 Å². The number of phosphoric acid groups is 6. The Morgan fingerprint density at radius 1 is 0.700 bits per heavy atom. The van der Waals surface area contributed by atoms with Crippen molar-refractivity contribution in [2.75, 3.05) is 5.73 Å². The maximum Gasteiger partial charge on any atom is 0.490 e. The molecule has 0 saturated carbocycles. The Morgan fingerprint density at radius 3 is 1.45 bits per heavy atom. The molecule has 0 aliphatic carbocycles. The lowest BCUT2D eigenvalue weighted by Crippen LogP contribution is -2.44. The molecule has 344 valence electrons. The molecule has 15 N–H and O–H groups in total. The van der Waals surface area contributed by atoms with E-state index in [0.29, 0.717) is 17.0 Å². The minimum atomic E-state index is -5.83. The summed E-state index contributed by atoms with van der Waals surface area (Å²) in [5.41, 5.74) is 0.550. The summed E-state index contributed by atoms with van der Waals surface area (Å²) in [6.45, 7) is 1.91. The quantitative estimate of drug-likeness (QED) is 0.0897. The zero-order valence-electron chi connectivity index (χ0n) is 28.8. The van der Waals surface area contributed by atoms with E-state index >= 15 is 0 Å². The SMILES string of the molecule is CC1(O)[C@@H](O)[C@@H](OP(=O)(O)OP(=O)(O)OP(=O)(O)O)O[C@H]1n1cc(F)c(=S)[nH]c1=S.CC1(O)[C@@H](O)[C@@H](OP(=O)(O)OP(=O)(O)OP(=O)(O)O)O[C@H]1n1cc(F)c(N)nc1=S. The molecule has 2 fully saturated rings. The number of nitrogens with zero attached hydrogens (tertiary/aromatic N) is 3. The van der Waals surface area contributed by atoms with Crippen LogP contribution in [0.3, 0.4) is 0 Å². The highest BCUT2D eigenvalue weighted by Crippen LogP contribution is 2.68. The molecular formula is C18H29F2N5O26P6S3. The van der Waals surface area contributed by atoms with E-state index in [9.17, 15) is 66.4 Å². The van der Waals surface area contributed by atoms with Gasteiger partial charge in [0.25, 0.3) is 0 Å². The van der Waals surface area contributed by atoms with Crippen LogP contribution in [0.1, 0.15) is 26.3 Å². The fourth-order valence-corrected chi connectivity index (χ4v) is 11.4. The van der Waals surface area contributed by atoms with Gasteiger partial charge in [-0.15, -0.1) is 0 Å². The molecular weight excluding hydrogens is 1020 g/mol. The topological polar surface area (TPSA) is 484 Å². The van der Waals surface area contributed by atoms with Gasteiger partial charge in [0.05, 0.1) is 0 Å². The van der Waals surface area contributed by atoms with Gasteiger partial charge in [0.15, 0.2) is 34.7 Å². The summed E-state index contributed by atoms with van der Waals surface area (Å²) < 4.78 is 129. The number of halogens is 2. The van der Waals surface area contributed by atoms with E-state index in [1.54, 1.807) is 0 Å². The molecule has 2 aliphatic rings. The Labute approximate surface area is 345 Å². The molecule has 31 nitrogen and oxygen atoms in total. The van der Waals surface area contributed by atoms with Crippen molar-refractivity contribution < 1.29 is 132 Å². The van der Waals surface area contributed by atoms with Crippen LogP contribution in [0.15, 0.2) is 12.4 Å². The van der Waals surface area contributed by atoms with Crippen molar-refractivity contribution in [3.63, 3.8) is 0 Å². The van der Waals surface area contributed by atoms with E-state index in [0.717, 1.165) is 18.4 Å². The average Bonchev–Trinajstić information content (AvgIpc) is 3.34. The fraction of sp³-hybridized carbons (Fsp3) is 0.556. The number of anilines is 1. The fourth-order valence-electron chi connectivity index (χ4n) is 4.50. The normalized spacial score (nSPS) is 31.3. The van der Waals surface area contributed by atoms with E-state index in [1.807, 2.05) is 0 Å². The molecule has 0 spiro atoms. The van der Waals surface area contributed by atoms with Crippen LogP contribution in [-0.2, 0) is 63.2 Å². The van der Waals surface area contributed by atoms with Gasteiger partial charge in [0.2, 0.25) is 17.4 Å². The lowest BCUT2D eigenvalue weighted by atomic mass is 9.99. The highest BCUT2D eigenvalue weighted by atomic mass is 32.1. The first-order chi connectivity index (χ1) is 26.7. The largest absolute Gasteiger partial charge is 0.490 e. The summed E-state index contributed by atoms with van der Waals surface area (Å²) in [5.74, 6) is -2.67. The number of nitrogens with one attached hydrogen (secondary N) is 1. The van der Waals surface area contributed by atoms with Gasteiger partial charge in [-0.3, -0.25) is 18.2 Å². The zero-order valence-corrected chi connectivity index (χ0v) is 36.6. The summed E-state index contributed by atoms with van der Waals surface area (Å²) in [6.07, 6.45) is -10.9. The Hall–Kier alpha value is -0.940. The van der Waals surface area contributed by atoms with E-state index in [1.165, 1.54) is 0 Å². The van der Waals surface area contributed by atoms with Crippen LogP contribution < -0.4 is 5.73 Å². The Bertz CT molecular complexity index is 2440. The van der Waals surface area contributed by atoms with Crippen molar-refractivity contribution in [1.29, 1.82) is 0 Å². The van der Waals surface area contributed by atoms with Gasteiger partial charge in [-0.1, -0.05) is 12.2 Å². The van der Waals surface area contributed by atoms with Gasteiger partial charge in [0.1, 0.15) is 28.1 Å². The first-order valence-corrected chi connectivity index (χ1v) is 24.8. The van der Waals surface area contributed by atoms with Crippen molar-refractivity contribution in [2.45, 2.75) is 62.3 Å². The summed E-state index contributed by atoms with van der Waals surface area (Å²) in [6, 6.07) is 0. The van der Waals surface area contributed by atoms with Crippen LogP contribution >= 0.6 is 83.6 Å². The molecule has 0 radical (unpaired) electrons. The highest BCUT2D eigenvalue weighted by molar-refractivity contribution is 7.72. The number of ether oxygens (including phenoxy) is 2. The number of phosphoric ester groups is 2. The molecule has 6 unspecified atom stereocenters. The van der Waals surface area contributed by atoms with Crippen LogP contribution in [-0.4, -0.2) is 115 Å². The lowest BCUT2D eigenvalue weighted by molar-refractivity contribution is -0.137. The van der Waals surface area contributed by atoms with Crippen molar-refractivity contribution in [3.8, 4) is 0 Å². The first-order valence-electron chi connectivity index (χ1n) is 14.5.